The zero-order valence-electron chi connectivity index (χ0n) is 17.1. The minimum Gasteiger partial charge on any atom is -0.435 e. The molecule has 2 atom stereocenters. The molecule has 0 bridgehead atoms. The van der Waals surface area contributed by atoms with E-state index >= 15 is 0 Å². The molecular weight excluding hydrogens is 499 g/mol. The van der Waals surface area contributed by atoms with Crippen LogP contribution in [0, 0.1) is 5.82 Å². The molecule has 0 radical (unpaired) electrons. The second-order valence-corrected chi connectivity index (χ2v) is 7.69. The molecule has 6 nitrogen and oxygen atoms in total. The molecule has 3 rings (SSSR count). The first-order chi connectivity index (χ1) is 15.8. The highest BCUT2D eigenvalue weighted by Crippen LogP contribution is 2.30. The molecule has 2 aromatic rings. The molecule has 1 fully saturated rings. The number of morpholine rings is 1. The van der Waals surface area contributed by atoms with Crippen LogP contribution in [0.4, 0.5) is 41.2 Å². The number of aromatic nitrogens is 1. The van der Waals surface area contributed by atoms with E-state index in [-0.39, 0.29) is 36.0 Å². The van der Waals surface area contributed by atoms with Crippen molar-refractivity contribution >= 4 is 23.4 Å². The van der Waals surface area contributed by atoms with Crippen molar-refractivity contribution in [2.75, 3.05) is 31.6 Å². The Bertz CT molecular complexity index is 1000. The van der Waals surface area contributed by atoms with Crippen LogP contribution in [0.1, 0.15) is 17.4 Å². The number of ether oxygens (including phenoxy) is 2. The number of alkyl halides is 6. The second kappa shape index (κ2) is 10.3. The van der Waals surface area contributed by atoms with E-state index in [9.17, 15) is 35.5 Å². The van der Waals surface area contributed by atoms with Gasteiger partial charge in [0.25, 0.3) is 0 Å². The Labute approximate surface area is 193 Å². The quantitative estimate of drug-likeness (QED) is 0.537. The van der Waals surface area contributed by atoms with Crippen molar-refractivity contribution in [3.63, 3.8) is 0 Å². The van der Waals surface area contributed by atoms with E-state index in [0.29, 0.717) is 0 Å². The Morgan fingerprint density at radius 1 is 1.24 bits per heavy atom. The fourth-order valence-corrected chi connectivity index (χ4v) is 3.24. The predicted octanol–water partition coefficient (Wildman–Crippen LogP) is 5.45. The van der Waals surface area contributed by atoms with Gasteiger partial charge in [0.1, 0.15) is 11.5 Å². The highest BCUT2D eigenvalue weighted by molar-refractivity contribution is 6.30. The van der Waals surface area contributed by atoms with Crippen LogP contribution in [0.3, 0.4) is 0 Å². The summed E-state index contributed by atoms with van der Waals surface area (Å²) in [6.07, 6.45) is -13.4. The van der Waals surface area contributed by atoms with Crippen molar-refractivity contribution in [1.82, 2.24) is 9.88 Å². The summed E-state index contributed by atoms with van der Waals surface area (Å²) in [4.78, 5) is 16.6. The molecule has 1 amide bonds. The molecule has 0 aliphatic carbocycles. The number of rotatable bonds is 5. The zero-order chi connectivity index (χ0) is 25.1. The van der Waals surface area contributed by atoms with Crippen molar-refractivity contribution in [1.29, 1.82) is 0 Å². The number of halogens is 8. The monoisotopic (exact) mass is 515 g/mol. The molecule has 0 saturated carbocycles. The molecule has 1 aromatic heterocycles. The third-order valence-electron chi connectivity index (χ3n) is 4.80. The number of hydrogen-bond acceptors (Lipinski definition) is 5. The summed E-state index contributed by atoms with van der Waals surface area (Å²) in [5.74, 6) is -0.885. The van der Waals surface area contributed by atoms with Crippen LogP contribution in [0.15, 0.2) is 36.5 Å². The van der Waals surface area contributed by atoms with Gasteiger partial charge in [0, 0.05) is 37.1 Å². The minimum absolute atomic E-state index is 0.00743. The summed E-state index contributed by atoms with van der Waals surface area (Å²) in [6.45, 7) is -0.802. The van der Waals surface area contributed by atoms with Gasteiger partial charge < -0.3 is 9.47 Å². The first-order valence-corrected chi connectivity index (χ1v) is 10.1. The first-order valence-electron chi connectivity index (χ1n) is 9.69. The molecular formula is C20H17ClF7N3O3. The number of carbonyl (C=O) groups excluding carboxylic acids is 1. The lowest BCUT2D eigenvalue weighted by molar-refractivity contribution is -0.209. The Kier molecular flexibility index (Phi) is 7.88. The van der Waals surface area contributed by atoms with Crippen LogP contribution in [0.2, 0.25) is 5.02 Å². The van der Waals surface area contributed by atoms with E-state index in [1.54, 1.807) is 0 Å². The summed E-state index contributed by atoms with van der Waals surface area (Å²) >= 11 is 5.52. The van der Waals surface area contributed by atoms with Crippen molar-refractivity contribution in [2.45, 2.75) is 24.6 Å². The molecule has 34 heavy (non-hydrogen) atoms. The molecule has 14 heteroatoms. The number of nitrogens with zero attached hydrogens (tertiary/aromatic N) is 2. The van der Waals surface area contributed by atoms with E-state index in [1.165, 1.54) is 11.0 Å². The maximum Gasteiger partial charge on any atom is 0.433 e. The summed E-state index contributed by atoms with van der Waals surface area (Å²) in [5.41, 5.74) is -1.01. The molecule has 0 unspecified atom stereocenters. The molecule has 1 aromatic carbocycles. The number of carbonyl (C=O) groups is 1. The fraction of sp³-hybridized carbons (Fsp3) is 0.400. The van der Waals surface area contributed by atoms with Gasteiger partial charge in [-0.1, -0.05) is 17.7 Å². The third kappa shape index (κ3) is 6.93. The van der Waals surface area contributed by atoms with Gasteiger partial charge in [-0.15, -0.1) is 0 Å². The average molecular weight is 516 g/mol. The number of pyridine rings is 1. The molecule has 1 aliphatic rings. The van der Waals surface area contributed by atoms with Gasteiger partial charge in [0.2, 0.25) is 6.10 Å². The molecule has 186 valence electrons. The lowest BCUT2D eigenvalue weighted by Gasteiger charge is -2.35. The lowest BCUT2D eigenvalue weighted by atomic mass is 10.1. The van der Waals surface area contributed by atoms with Crippen LogP contribution in [0.25, 0.3) is 0 Å². The minimum atomic E-state index is -4.92. The van der Waals surface area contributed by atoms with Crippen LogP contribution < -0.4 is 5.32 Å². The SMILES string of the molecule is O=C(Nc1ccc(Cl)c(F)c1)O[C@@H](CN1CCO[C@H](c2ccc(C(F)(F)F)nc2)C1)C(F)(F)F. The van der Waals surface area contributed by atoms with Gasteiger partial charge in [-0.05, 0) is 24.3 Å². The smallest absolute Gasteiger partial charge is 0.433 e. The topological polar surface area (TPSA) is 63.7 Å². The van der Waals surface area contributed by atoms with Gasteiger partial charge in [-0.3, -0.25) is 15.2 Å². The zero-order valence-corrected chi connectivity index (χ0v) is 17.8. The standard InChI is InChI=1S/C20H17ClF7N3O3/c21-13-3-2-12(7-14(13)22)30-18(32)34-17(20(26,27)28)10-31-5-6-33-15(9-31)11-1-4-16(29-8-11)19(23,24)25/h1-4,7-8,15,17H,5-6,9-10H2,(H,30,32)/t15-,17-/m0/s1. The largest absolute Gasteiger partial charge is 0.435 e. The van der Waals surface area contributed by atoms with Gasteiger partial charge in [0.15, 0.2) is 0 Å². The van der Waals surface area contributed by atoms with Crippen molar-refractivity contribution in [3.8, 4) is 0 Å². The van der Waals surface area contributed by atoms with Gasteiger partial charge in [-0.25, -0.2) is 9.18 Å². The maximum atomic E-state index is 13.5. The van der Waals surface area contributed by atoms with E-state index in [1.807, 2.05) is 5.32 Å². The van der Waals surface area contributed by atoms with E-state index in [2.05, 4.69) is 9.72 Å². The summed E-state index contributed by atoms with van der Waals surface area (Å²) in [6, 6.07) is 5.00. The summed E-state index contributed by atoms with van der Waals surface area (Å²) in [5, 5.41) is 1.76. The van der Waals surface area contributed by atoms with Gasteiger partial charge in [-0.2, -0.15) is 26.3 Å². The van der Waals surface area contributed by atoms with E-state index < -0.39 is 48.7 Å². The molecule has 0 spiro atoms. The Morgan fingerprint density at radius 2 is 1.97 bits per heavy atom. The highest BCUT2D eigenvalue weighted by atomic mass is 35.5. The predicted molar refractivity (Wildman–Crippen MR) is 106 cm³/mol. The Hall–Kier alpha value is -2.64. The fourth-order valence-electron chi connectivity index (χ4n) is 3.13. The second-order valence-electron chi connectivity index (χ2n) is 7.28. The Balaban J connectivity index is 1.64. The van der Waals surface area contributed by atoms with Crippen LogP contribution >= 0.6 is 11.6 Å². The number of benzene rings is 1. The van der Waals surface area contributed by atoms with Gasteiger partial charge in [0.05, 0.1) is 17.7 Å². The summed E-state index contributed by atoms with van der Waals surface area (Å²) in [7, 11) is 0. The first kappa shape index (κ1) is 26.0. The highest BCUT2D eigenvalue weighted by Gasteiger charge is 2.44. The Morgan fingerprint density at radius 3 is 2.56 bits per heavy atom. The molecule has 2 heterocycles. The normalized spacial score (nSPS) is 18.4. The van der Waals surface area contributed by atoms with E-state index in [0.717, 1.165) is 30.5 Å². The molecule has 1 saturated heterocycles. The maximum absolute atomic E-state index is 13.5. The summed E-state index contributed by atoms with van der Waals surface area (Å²) < 4.78 is 102. The molecule has 1 aliphatic heterocycles. The average Bonchev–Trinajstić information content (AvgIpc) is 2.75. The van der Waals surface area contributed by atoms with Gasteiger partial charge >= 0.3 is 18.4 Å². The van der Waals surface area contributed by atoms with Crippen LogP contribution in [-0.2, 0) is 15.7 Å². The number of hydrogen-bond donors (Lipinski definition) is 1. The number of amides is 1. The van der Waals surface area contributed by atoms with Crippen molar-refractivity contribution in [3.05, 3.63) is 58.6 Å². The third-order valence-corrected chi connectivity index (χ3v) is 5.11. The lowest BCUT2D eigenvalue weighted by Crippen LogP contribution is -2.48. The van der Waals surface area contributed by atoms with Crippen molar-refractivity contribution < 1.29 is 45.0 Å². The van der Waals surface area contributed by atoms with E-state index in [4.69, 9.17) is 16.3 Å². The number of nitrogens with one attached hydrogen (secondary N) is 1. The van der Waals surface area contributed by atoms with Crippen LogP contribution in [0.5, 0.6) is 0 Å². The van der Waals surface area contributed by atoms with Crippen LogP contribution in [-0.4, -0.2) is 54.5 Å². The molecule has 1 N–H and O–H groups in total. The van der Waals surface area contributed by atoms with Crippen molar-refractivity contribution in [2.24, 2.45) is 0 Å². The number of anilines is 1.